The molecule has 1 aliphatic rings. The van der Waals surface area contributed by atoms with Crippen LogP contribution in [0.1, 0.15) is 18.7 Å². The molecule has 30 heavy (non-hydrogen) atoms. The van der Waals surface area contributed by atoms with E-state index in [1.165, 1.54) is 24.3 Å². The first-order valence-corrected chi connectivity index (χ1v) is 10.1. The van der Waals surface area contributed by atoms with Crippen LogP contribution in [0, 0.1) is 11.7 Å². The largest absolute Gasteiger partial charge is 0.506 e. The number of piperidine rings is 1. The summed E-state index contributed by atoms with van der Waals surface area (Å²) in [5.74, 6) is 0.615. The summed E-state index contributed by atoms with van der Waals surface area (Å²) in [6, 6.07) is 10.6. The summed E-state index contributed by atoms with van der Waals surface area (Å²) in [5.41, 5.74) is 1.10. The second-order valence-electron chi connectivity index (χ2n) is 7.33. The van der Waals surface area contributed by atoms with Gasteiger partial charge in [-0.3, -0.25) is 9.69 Å². The number of hydrogen-bond acceptors (Lipinski definition) is 5. The number of anilines is 1. The smallest absolute Gasteiger partial charge is 0.227 e. The zero-order valence-corrected chi connectivity index (χ0v) is 16.9. The highest BCUT2D eigenvalue weighted by molar-refractivity contribution is 6.31. The molecule has 0 unspecified atom stereocenters. The summed E-state index contributed by atoms with van der Waals surface area (Å²) >= 11 is 5.93. The number of rotatable bonds is 5. The van der Waals surface area contributed by atoms with E-state index < -0.39 is 0 Å². The SMILES string of the molecule is O=C(Nc1cc(Cl)ccc1O)C1CCN(Cc2ncc(-c3ccc(F)cc3)o2)CC1. The number of oxazole rings is 1. The number of carbonyl (C=O) groups excluding carboxylic acids is 1. The predicted octanol–water partition coefficient (Wildman–Crippen LogP) is 4.69. The van der Waals surface area contributed by atoms with Gasteiger partial charge in [-0.1, -0.05) is 11.6 Å². The lowest BCUT2D eigenvalue weighted by molar-refractivity contribution is -0.121. The fourth-order valence-corrected chi connectivity index (χ4v) is 3.69. The molecule has 2 aromatic carbocycles. The van der Waals surface area contributed by atoms with Crippen molar-refractivity contribution in [2.75, 3.05) is 18.4 Å². The fraction of sp³-hybridized carbons (Fsp3) is 0.273. The molecule has 3 aromatic rings. The fourth-order valence-electron chi connectivity index (χ4n) is 3.52. The molecule has 1 aliphatic heterocycles. The van der Waals surface area contributed by atoms with Gasteiger partial charge in [-0.15, -0.1) is 0 Å². The first-order chi connectivity index (χ1) is 14.5. The summed E-state index contributed by atoms with van der Waals surface area (Å²) in [4.78, 5) is 19.0. The van der Waals surface area contributed by atoms with Gasteiger partial charge in [-0.2, -0.15) is 0 Å². The van der Waals surface area contributed by atoms with Crippen LogP contribution in [0.5, 0.6) is 5.75 Å². The standard InChI is InChI=1S/C22H21ClFN3O3/c23-16-3-6-19(28)18(11-16)26-22(29)15-7-9-27(10-8-15)13-21-25-12-20(30-21)14-1-4-17(24)5-2-14/h1-6,11-12,15,28H,7-10,13H2,(H,26,29). The number of phenols is 1. The van der Waals surface area contributed by atoms with Crippen molar-refractivity contribution >= 4 is 23.2 Å². The Kier molecular flexibility index (Phi) is 6.01. The highest BCUT2D eigenvalue weighted by atomic mass is 35.5. The van der Waals surface area contributed by atoms with E-state index >= 15 is 0 Å². The Hall–Kier alpha value is -2.90. The number of likely N-dealkylation sites (tertiary alicyclic amines) is 1. The zero-order chi connectivity index (χ0) is 21.1. The Morgan fingerprint density at radius 3 is 2.70 bits per heavy atom. The normalized spacial score (nSPS) is 15.3. The van der Waals surface area contributed by atoms with Crippen LogP contribution >= 0.6 is 11.6 Å². The molecular weight excluding hydrogens is 409 g/mol. The Balaban J connectivity index is 1.30. The molecule has 1 amide bonds. The Labute approximate surface area is 178 Å². The highest BCUT2D eigenvalue weighted by Gasteiger charge is 2.26. The molecule has 0 atom stereocenters. The van der Waals surface area contributed by atoms with Crippen LogP contribution in [0.25, 0.3) is 11.3 Å². The molecule has 0 bridgehead atoms. The maximum absolute atomic E-state index is 13.1. The van der Waals surface area contributed by atoms with Crippen molar-refractivity contribution < 1.29 is 18.7 Å². The molecule has 156 valence electrons. The molecule has 0 saturated carbocycles. The number of nitrogens with one attached hydrogen (secondary N) is 1. The first-order valence-electron chi connectivity index (χ1n) is 9.70. The number of nitrogens with zero attached hydrogens (tertiary/aromatic N) is 2. The molecule has 6 nitrogen and oxygen atoms in total. The number of amides is 1. The number of aromatic nitrogens is 1. The molecule has 0 aliphatic carbocycles. The van der Waals surface area contributed by atoms with Gasteiger partial charge in [-0.05, 0) is 68.4 Å². The molecule has 1 saturated heterocycles. The number of hydrogen-bond donors (Lipinski definition) is 2. The number of halogens is 2. The van der Waals surface area contributed by atoms with Crippen molar-refractivity contribution in [2.24, 2.45) is 5.92 Å². The van der Waals surface area contributed by atoms with Crippen LogP contribution < -0.4 is 5.32 Å². The van der Waals surface area contributed by atoms with Gasteiger partial charge in [0.05, 0.1) is 18.4 Å². The third-order valence-electron chi connectivity index (χ3n) is 5.22. The summed E-state index contributed by atoms with van der Waals surface area (Å²) in [7, 11) is 0. The van der Waals surface area contributed by atoms with E-state index in [1.54, 1.807) is 24.4 Å². The van der Waals surface area contributed by atoms with Crippen molar-refractivity contribution in [1.82, 2.24) is 9.88 Å². The summed E-state index contributed by atoms with van der Waals surface area (Å²) < 4.78 is 18.9. The van der Waals surface area contributed by atoms with Crippen molar-refractivity contribution in [2.45, 2.75) is 19.4 Å². The quantitative estimate of drug-likeness (QED) is 0.575. The van der Waals surface area contributed by atoms with E-state index in [-0.39, 0.29) is 23.4 Å². The van der Waals surface area contributed by atoms with Crippen LogP contribution in [0.3, 0.4) is 0 Å². The maximum atomic E-state index is 13.1. The average Bonchev–Trinajstić information content (AvgIpc) is 3.20. The monoisotopic (exact) mass is 429 g/mol. The van der Waals surface area contributed by atoms with Gasteiger partial charge in [0.1, 0.15) is 11.6 Å². The van der Waals surface area contributed by atoms with Gasteiger partial charge < -0.3 is 14.8 Å². The van der Waals surface area contributed by atoms with Gasteiger partial charge in [0.2, 0.25) is 11.8 Å². The predicted molar refractivity (Wildman–Crippen MR) is 112 cm³/mol. The Bertz CT molecular complexity index is 1030. The van der Waals surface area contributed by atoms with Crippen LogP contribution in [0.15, 0.2) is 53.1 Å². The minimum absolute atomic E-state index is 0.00830. The topological polar surface area (TPSA) is 78.6 Å². The lowest BCUT2D eigenvalue weighted by atomic mass is 9.96. The average molecular weight is 430 g/mol. The van der Waals surface area contributed by atoms with Gasteiger partial charge in [0.25, 0.3) is 0 Å². The number of carbonyl (C=O) groups is 1. The van der Waals surface area contributed by atoms with Gasteiger partial charge in [0.15, 0.2) is 5.76 Å². The third kappa shape index (κ3) is 4.80. The lowest BCUT2D eigenvalue weighted by Gasteiger charge is -2.30. The van der Waals surface area contributed by atoms with Gasteiger partial charge >= 0.3 is 0 Å². The molecule has 2 heterocycles. The zero-order valence-electron chi connectivity index (χ0n) is 16.1. The second-order valence-corrected chi connectivity index (χ2v) is 7.76. The number of phenolic OH excluding ortho intramolecular Hbond substituents is 1. The molecule has 4 rings (SSSR count). The van der Waals surface area contributed by atoms with Crippen LogP contribution in [0.2, 0.25) is 5.02 Å². The van der Waals surface area contributed by atoms with Gasteiger partial charge in [-0.25, -0.2) is 9.37 Å². The third-order valence-corrected chi connectivity index (χ3v) is 5.45. The van der Waals surface area contributed by atoms with Gasteiger partial charge in [0, 0.05) is 16.5 Å². The second kappa shape index (κ2) is 8.85. The molecule has 1 aromatic heterocycles. The maximum Gasteiger partial charge on any atom is 0.227 e. The molecule has 0 radical (unpaired) electrons. The molecule has 0 spiro atoms. The molecule has 2 N–H and O–H groups in total. The van der Waals surface area contributed by atoms with Crippen molar-refractivity contribution in [1.29, 1.82) is 0 Å². The lowest BCUT2D eigenvalue weighted by Crippen LogP contribution is -2.37. The van der Waals surface area contributed by atoms with Crippen molar-refractivity contribution in [3.8, 4) is 17.1 Å². The molecular formula is C22H21ClFN3O3. The van der Waals surface area contributed by atoms with Crippen molar-refractivity contribution in [3.63, 3.8) is 0 Å². The highest BCUT2D eigenvalue weighted by Crippen LogP contribution is 2.29. The van der Waals surface area contributed by atoms with Crippen LogP contribution in [-0.2, 0) is 11.3 Å². The van der Waals surface area contributed by atoms with Crippen LogP contribution in [0.4, 0.5) is 10.1 Å². The minimum atomic E-state index is -0.295. The first kappa shape index (κ1) is 20.4. The van der Waals surface area contributed by atoms with Crippen LogP contribution in [-0.4, -0.2) is 34.0 Å². The van der Waals surface area contributed by atoms with E-state index in [9.17, 15) is 14.3 Å². The van der Waals surface area contributed by atoms with E-state index in [1.807, 2.05) is 0 Å². The summed E-state index contributed by atoms with van der Waals surface area (Å²) in [5, 5.41) is 13.1. The molecule has 8 heteroatoms. The Morgan fingerprint density at radius 1 is 1.23 bits per heavy atom. The summed E-state index contributed by atoms with van der Waals surface area (Å²) in [6.07, 6.45) is 3.03. The van der Waals surface area contributed by atoms with E-state index in [2.05, 4.69) is 15.2 Å². The molecule has 1 fully saturated rings. The van der Waals surface area contributed by atoms with Crippen molar-refractivity contribution in [3.05, 3.63) is 65.4 Å². The Morgan fingerprint density at radius 2 is 1.97 bits per heavy atom. The van der Waals surface area contributed by atoms with E-state index in [4.69, 9.17) is 16.0 Å². The number of benzene rings is 2. The van der Waals surface area contributed by atoms with E-state index in [0.29, 0.717) is 41.7 Å². The number of aromatic hydroxyl groups is 1. The minimum Gasteiger partial charge on any atom is -0.506 e. The summed E-state index contributed by atoms with van der Waals surface area (Å²) in [6.45, 7) is 2.01. The van der Waals surface area contributed by atoms with E-state index in [0.717, 1.165) is 18.7 Å².